The van der Waals surface area contributed by atoms with Gasteiger partial charge in [0.2, 0.25) is 0 Å². The second-order valence-corrected chi connectivity index (χ2v) is 4.23. The first-order valence-electron chi connectivity index (χ1n) is 5.53. The van der Waals surface area contributed by atoms with E-state index in [4.69, 9.17) is 11.6 Å². The van der Waals surface area contributed by atoms with Crippen molar-refractivity contribution in [3.05, 3.63) is 11.9 Å². The standard InChI is InChI=1S/C10H15F4N3O2/c1-2-19-8(18)7(15)5-17(16)4-6-3-9(11,12)10(6,13)14/h5-6H,2-4,15-16H2,1H3/b7-5-. The molecule has 0 aromatic heterocycles. The van der Waals surface area contributed by atoms with Crippen LogP contribution in [0.15, 0.2) is 11.9 Å². The van der Waals surface area contributed by atoms with Gasteiger partial charge in [0, 0.05) is 19.2 Å². The number of hydrazine groups is 1. The molecule has 1 rings (SSSR count). The molecule has 0 aromatic carbocycles. The largest absolute Gasteiger partial charge is 0.461 e. The van der Waals surface area contributed by atoms with Gasteiger partial charge >= 0.3 is 17.8 Å². The van der Waals surface area contributed by atoms with Gasteiger partial charge in [-0.3, -0.25) is 0 Å². The fourth-order valence-corrected chi connectivity index (χ4v) is 1.67. The molecule has 1 atom stereocenters. The number of alkyl halides is 4. The maximum absolute atomic E-state index is 13.0. The molecule has 1 aliphatic carbocycles. The summed E-state index contributed by atoms with van der Waals surface area (Å²) in [7, 11) is 0. The lowest BCUT2D eigenvalue weighted by Gasteiger charge is -2.44. The number of esters is 1. The summed E-state index contributed by atoms with van der Waals surface area (Å²) in [5, 5.41) is 0.681. The molecule has 0 aliphatic heterocycles. The average molecular weight is 285 g/mol. The zero-order valence-corrected chi connectivity index (χ0v) is 10.2. The number of carbonyl (C=O) groups is 1. The van der Waals surface area contributed by atoms with E-state index in [2.05, 4.69) is 4.74 Å². The smallest absolute Gasteiger partial charge is 0.355 e. The Morgan fingerprint density at radius 1 is 1.47 bits per heavy atom. The normalized spacial score (nSPS) is 24.5. The number of nitrogens with zero attached hydrogens (tertiary/aromatic N) is 1. The van der Waals surface area contributed by atoms with Crippen molar-refractivity contribution in [1.29, 1.82) is 0 Å². The van der Waals surface area contributed by atoms with Crippen LogP contribution in [0, 0.1) is 5.92 Å². The molecule has 0 radical (unpaired) electrons. The molecule has 1 saturated carbocycles. The Hall–Kier alpha value is -1.51. The fourth-order valence-electron chi connectivity index (χ4n) is 1.67. The third-order valence-corrected chi connectivity index (χ3v) is 2.75. The van der Waals surface area contributed by atoms with Gasteiger partial charge in [0.25, 0.3) is 0 Å². The summed E-state index contributed by atoms with van der Waals surface area (Å²) in [5.74, 6) is -5.23. The Bertz CT molecular complexity index is 387. The Morgan fingerprint density at radius 2 is 2.05 bits per heavy atom. The predicted octanol–water partition coefficient (Wildman–Crippen LogP) is 0.816. The maximum atomic E-state index is 13.0. The van der Waals surface area contributed by atoms with Crippen LogP contribution < -0.4 is 11.6 Å². The van der Waals surface area contributed by atoms with E-state index in [0.717, 1.165) is 6.20 Å². The van der Waals surface area contributed by atoms with Gasteiger partial charge in [-0.1, -0.05) is 0 Å². The monoisotopic (exact) mass is 285 g/mol. The van der Waals surface area contributed by atoms with Gasteiger partial charge in [-0.25, -0.2) is 10.6 Å². The highest BCUT2D eigenvalue weighted by Gasteiger charge is 2.71. The molecule has 0 amide bonds. The predicted molar refractivity (Wildman–Crippen MR) is 57.8 cm³/mol. The topological polar surface area (TPSA) is 81.6 Å². The lowest BCUT2D eigenvalue weighted by atomic mass is 9.76. The van der Waals surface area contributed by atoms with E-state index < -0.39 is 42.4 Å². The van der Waals surface area contributed by atoms with E-state index in [1.54, 1.807) is 6.92 Å². The summed E-state index contributed by atoms with van der Waals surface area (Å²) < 4.78 is 55.7. The molecule has 0 aromatic rings. The van der Waals surface area contributed by atoms with Crippen LogP contribution in [0.4, 0.5) is 17.6 Å². The van der Waals surface area contributed by atoms with E-state index in [-0.39, 0.29) is 6.61 Å². The van der Waals surface area contributed by atoms with Crippen LogP contribution >= 0.6 is 0 Å². The van der Waals surface area contributed by atoms with E-state index in [0.29, 0.717) is 5.01 Å². The summed E-state index contributed by atoms with van der Waals surface area (Å²) in [6.45, 7) is 1.11. The number of hydrogen-bond acceptors (Lipinski definition) is 5. The SMILES string of the molecule is CCOC(=O)/C(N)=C/N(N)CC1CC(F)(F)C1(F)F. The van der Waals surface area contributed by atoms with Crippen LogP contribution in [0.3, 0.4) is 0 Å². The number of ether oxygens (including phenoxy) is 1. The molecule has 0 bridgehead atoms. The fraction of sp³-hybridized carbons (Fsp3) is 0.700. The van der Waals surface area contributed by atoms with Crippen molar-refractivity contribution >= 4 is 5.97 Å². The van der Waals surface area contributed by atoms with Gasteiger partial charge in [-0.05, 0) is 6.92 Å². The molecular formula is C10H15F4N3O2. The first-order valence-corrected chi connectivity index (χ1v) is 5.53. The van der Waals surface area contributed by atoms with Crippen LogP contribution in [0.5, 0.6) is 0 Å². The van der Waals surface area contributed by atoms with E-state index in [1.807, 2.05) is 0 Å². The molecule has 19 heavy (non-hydrogen) atoms. The van der Waals surface area contributed by atoms with Gasteiger partial charge in [0.1, 0.15) is 5.70 Å². The van der Waals surface area contributed by atoms with Crippen molar-refractivity contribution in [3.63, 3.8) is 0 Å². The molecule has 110 valence electrons. The van der Waals surface area contributed by atoms with Gasteiger partial charge in [-0.15, -0.1) is 0 Å². The van der Waals surface area contributed by atoms with E-state index >= 15 is 0 Å². The zero-order valence-electron chi connectivity index (χ0n) is 10.2. The minimum Gasteiger partial charge on any atom is -0.461 e. The highest BCUT2D eigenvalue weighted by Crippen LogP contribution is 2.55. The third-order valence-electron chi connectivity index (χ3n) is 2.75. The van der Waals surface area contributed by atoms with Crippen molar-refractivity contribution in [2.24, 2.45) is 17.5 Å². The molecule has 5 nitrogen and oxygen atoms in total. The molecule has 4 N–H and O–H groups in total. The Morgan fingerprint density at radius 3 is 2.47 bits per heavy atom. The van der Waals surface area contributed by atoms with Crippen molar-refractivity contribution in [2.45, 2.75) is 25.2 Å². The Balaban J connectivity index is 2.56. The maximum Gasteiger partial charge on any atom is 0.355 e. The second-order valence-electron chi connectivity index (χ2n) is 4.23. The zero-order chi connectivity index (χ0) is 14.8. The van der Waals surface area contributed by atoms with Crippen LogP contribution in [0.1, 0.15) is 13.3 Å². The summed E-state index contributed by atoms with van der Waals surface area (Å²) in [6.07, 6.45) is -0.0780. The summed E-state index contributed by atoms with van der Waals surface area (Å²) in [4.78, 5) is 11.1. The highest BCUT2D eigenvalue weighted by atomic mass is 19.3. The van der Waals surface area contributed by atoms with Crippen molar-refractivity contribution < 1.29 is 27.1 Å². The van der Waals surface area contributed by atoms with Gasteiger partial charge in [0.05, 0.1) is 12.5 Å². The van der Waals surface area contributed by atoms with Crippen LogP contribution in [0.2, 0.25) is 0 Å². The molecule has 1 unspecified atom stereocenters. The van der Waals surface area contributed by atoms with Gasteiger partial charge in [0.15, 0.2) is 0 Å². The highest BCUT2D eigenvalue weighted by molar-refractivity contribution is 5.87. The molecule has 0 spiro atoms. The van der Waals surface area contributed by atoms with E-state index in [9.17, 15) is 22.4 Å². The average Bonchev–Trinajstić information content (AvgIpc) is 2.28. The first-order chi connectivity index (χ1) is 8.61. The lowest BCUT2D eigenvalue weighted by Crippen LogP contribution is -2.61. The molecular weight excluding hydrogens is 270 g/mol. The van der Waals surface area contributed by atoms with Crippen LogP contribution in [-0.4, -0.2) is 36.0 Å². The Labute approximate surface area is 107 Å². The number of carbonyl (C=O) groups excluding carboxylic acids is 1. The molecule has 1 fully saturated rings. The van der Waals surface area contributed by atoms with Crippen LogP contribution in [-0.2, 0) is 9.53 Å². The first kappa shape index (κ1) is 15.5. The summed E-state index contributed by atoms with van der Waals surface area (Å²) >= 11 is 0. The van der Waals surface area contributed by atoms with Crippen molar-refractivity contribution in [1.82, 2.24) is 5.01 Å². The Kier molecular flexibility index (Phi) is 4.28. The van der Waals surface area contributed by atoms with Crippen LogP contribution in [0.25, 0.3) is 0 Å². The summed E-state index contributed by atoms with van der Waals surface area (Å²) in [6, 6.07) is 0. The third kappa shape index (κ3) is 3.09. The van der Waals surface area contributed by atoms with Crippen molar-refractivity contribution in [2.75, 3.05) is 13.2 Å². The second kappa shape index (κ2) is 5.24. The molecule has 9 heteroatoms. The number of rotatable bonds is 5. The molecule has 0 heterocycles. The number of halogens is 4. The number of nitrogens with two attached hydrogens (primary N) is 2. The summed E-state index contributed by atoms with van der Waals surface area (Å²) in [5.41, 5.74) is 4.90. The minimum atomic E-state index is -4.10. The number of hydrogen-bond donors (Lipinski definition) is 2. The van der Waals surface area contributed by atoms with Crippen molar-refractivity contribution in [3.8, 4) is 0 Å². The molecule has 0 saturated heterocycles. The molecule has 1 aliphatic rings. The van der Waals surface area contributed by atoms with Gasteiger partial charge < -0.3 is 15.5 Å². The minimum absolute atomic E-state index is 0.0882. The van der Waals surface area contributed by atoms with E-state index in [1.165, 1.54) is 0 Å². The quantitative estimate of drug-likeness (QED) is 0.257. The lowest BCUT2D eigenvalue weighted by molar-refractivity contribution is -0.315. The van der Waals surface area contributed by atoms with Gasteiger partial charge in [-0.2, -0.15) is 17.6 Å².